The molecule has 1 saturated heterocycles. The lowest BCUT2D eigenvalue weighted by atomic mass is 10.1. The predicted octanol–water partition coefficient (Wildman–Crippen LogP) is 3.37. The number of thioether (sulfide) groups is 1. The predicted molar refractivity (Wildman–Crippen MR) is 95.3 cm³/mol. The highest BCUT2D eigenvalue weighted by molar-refractivity contribution is 7.99. The second-order valence-electron chi connectivity index (χ2n) is 6.72. The van der Waals surface area contributed by atoms with Crippen molar-refractivity contribution in [1.82, 2.24) is 4.90 Å². The molecule has 0 aliphatic carbocycles. The molecule has 26 heavy (non-hydrogen) atoms. The number of carboxylic acids is 1. The number of hydrogen-bond acceptors (Lipinski definition) is 5. The first-order valence-corrected chi connectivity index (χ1v) is 9.25. The highest BCUT2D eigenvalue weighted by Gasteiger charge is 2.47. The summed E-state index contributed by atoms with van der Waals surface area (Å²) in [4.78, 5) is 35.8. The molecular weight excluding hydrogens is 363 g/mol. The monoisotopic (exact) mass is 384 g/mol. The number of carbonyl (C=O) groups excluding carboxylic acids is 1. The molecule has 1 aliphatic rings. The van der Waals surface area contributed by atoms with Gasteiger partial charge in [0.25, 0.3) is 11.6 Å². The first kappa shape index (κ1) is 20.2. The van der Waals surface area contributed by atoms with Gasteiger partial charge in [0.05, 0.1) is 16.4 Å². The summed E-state index contributed by atoms with van der Waals surface area (Å²) in [6, 6.07) is 4.16. The zero-order valence-corrected chi connectivity index (χ0v) is 15.4. The number of amides is 1. The van der Waals surface area contributed by atoms with Crippen LogP contribution in [0.5, 0.6) is 0 Å². The van der Waals surface area contributed by atoms with Crippen molar-refractivity contribution in [3.63, 3.8) is 0 Å². The van der Waals surface area contributed by atoms with Crippen LogP contribution in [0.3, 0.4) is 0 Å². The number of alkyl halides is 1. The molecule has 9 heteroatoms. The van der Waals surface area contributed by atoms with Crippen molar-refractivity contribution in [2.45, 2.75) is 37.3 Å². The van der Waals surface area contributed by atoms with E-state index in [-0.39, 0.29) is 24.2 Å². The van der Waals surface area contributed by atoms with Crippen LogP contribution >= 0.6 is 11.8 Å². The van der Waals surface area contributed by atoms with E-state index in [2.05, 4.69) is 13.8 Å². The largest absolute Gasteiger partial charge is 0.479 e. The first-order chi connectivity index (χ1) is 12.1. The van der Waals surface area contributed by atoms with Crippen LogP contribution in [0.15, 0.2) is 23.1 Å². The van der Waals surface area contributed by atoms with E-state index >= 15 is 0 Å². The molecule has 0 spiro atoms. The topological polar surface area (TPSA) is 101 Å². The van der Waals surface area contributed by atoms with Gasteiger partial charge in [-0.3, -0.25) is 14.9 Å². The minimum Gasteiger partial charge on any atom is -0.479 e. The van der Waals surface area contributed by atoms with Crippen LogP contribution in [-0.2, 0) is 4.79 Å². The lowest BCUT2D eigenvalue weighted by molar-refractivity contribution is -0.387. The number of nitro groups is 1. The Kier molecular flexibility index (Phi) is 6.22. The number of carbonyl (C=O) groups is 2. The Balaban J connectivity index is 2.17. The molecular formula is C17H21FN2O5S. The van der Waals surface area contributed by atoms with Crippen molar-refractivity contribution in [3.05, 3.63) is 33.9 Å². The molecule has 0 saturated carbocycles. The van der Waals surface area contributed by atoms with Gasteiger partial charge >= 0.3 is 5.97 Å². The Morgan fingerprint density at radius 1 is 1.46 bits per heavy atom. The molecule has 1 atom stereocenters. The molecule has 1 aliphatic heterocycles. The molecule has 1 N–H and O–H groups in total. The van der Waals surface area contributed by atoms with Crippen molar-refractivity contribution in [2.24, 2.45) is 5.92 Å². The van der Waals surface area contributed by atoms with E-state index in [0.29, 0.717) is 10.8 Å². The van der Waals surface area contributed by atoms with Gasteiger partial charge in [0.2, 0.25) is 5.67 Å². The molecule has 1 amide bonds. The minimum absolute atomic E-state index is 0.0413. The molecule has 1 unspecified atom stereocenters. The number of carboxylic acid groups (broad SMARTS) is 1. The van der Waals surface area contributed by atoms with Crippen molar-refractivity contribution < 1.29 is 24.0 Å². The molecule has 0 radical (unpaired) electrons. The second-order valence-corrected chi connectivity index (χ2v) is 7.85. The maximum Gasteiger partial charge on any atom is 0.343 e. The van der Waals surface area contributed by atoms with Crippen molar-refractivity contribution in [1.29, 1.82) is 0 Å². The minimum atomic E-state index is -2.46. The number of nitrogens with zero attached hydrogens (tertiary/aromatic N) is 2. The van der Waals surface area contributed by atoms with Gasteiger partial charge in [-0.05, 0) is 30.2 Å². The number of benzene rings is 1. The van der Waals surface area contributed by atoms with Crippen molar-refractivity contribution in [3.8, 4) is 0 Å². The van der Waals surface area contributed by atoms with Crippen LogP contribution in [0.25, 0.3) is 0 Å². The highest BCUT2D eigenvalue weighted by atomic mass is 32.2. The quantitative estimate of drug-likeness (QED) is 0.439. The molecule has 142 valence electrons. The first-order valence-electron chi connectivity index (χ1n) is 8.27. The summed E-state index contributed by atoms with van der Waals surface area (Å²) in [5, 5.41) is 20.2. The van der Waals surface area contributed by atoms with E-state index in [1.54, 1.807) is 0 Å². The Bertz CT molecular complexity index is 727. The standard InChI is InChI=1S/C17H21FN2O5S/c1-11(2)5-8-26-14-4-3-12(9-13(14)20(24)25)15(21)19-7-6-17(18,10-19)16(22)23/h3-4,9,11H,5-8,10H2,1-2H3,(H,22,23). The lowest BCUT2D eigenvalue weighted by Crippen LogP contribution is -2.38. The van der Waals surface area contributed by atoms with Crippen molar-refractivity contribution in [2.75, 3.05) is 18.8 Å². The summed E-state index contributed by atoms with van der Waals surface area (Å²) in [6.45, 7) is 3.53. The van der Waals surface area contributed by atoms with Gasteiger partial charge in [-0.1, -0.05) is 13.8 Å². The van der Waals surface area contributed by atoms with Gasteiger partial charge in [-0.2, -0.15) is 0 Å². The smallest absolute Gasteiger partial charge is 0.343 e. The van der Waals surface area contributed by atoms with E-state index in [1.165, 1.54) is 30.0 Å². The van der Waals surface area contributed by atoms with E-state index in [1.807, 2.05) is 0 Å². The maximum atomic E-state index is 14.1. The molecule has 7 nitrogen and oxygen atoms in total. The Hall–Kier alpha value is -2.16. The molecule has 2 rings (SSSR count). The fourth-order valence-corrected chi connectivity index (χ4v) is 3.88. The molecule has 1 aromatic rings. The highest BCUT2D eigenvalue weighted by Crippen LogP contribution is 2.33. The third-order valence-electron chi connectivity index (χ3n) is 4.25. The van der Waals surface area contributed by atoms with E-state index in [4.69, 9.17) is 5.11 Å². The van der Waals surface area contributed by atoms with Crippen LogP contribution in [0, 0.1) is 16.0 Å². The van der Waals surface area contributed by atoms with Crippen LogP contribution in [-0.4, -0.2) is 51.3 Å². The maximum absolute atomic E-state index is 14.1. The zero-order valence-electron chi connectivity index (χ0n) is 14.6. The Morgan fingerprint density at radius 2 is 2.15 bits per heavy atom. The zero-order chi connectivity index (χ0) is 19.5. The third kappa shape index (κ3) is 4.51. The second kappa shape index (κ2) is 8.03. The number of rotatable bonds is 7. The summed E-state index contributed by atoms with van der Waals surface area (Å²) in [7, 11) is 0. The summed E-state index contributed by atoms with van der Waals surface area (Å²) in [5.74, 6) is -1.00. The lowest BCUT2D eigenvalue weighted by Gasteiger charge is -2.18. The number of likely N-dealkylation sites (tertiary alicyclic amines) is 1. The fraction of sp³-hybridized carbons (Fsp3) is 0.529. The normalized spacial score (nSPS) is 19.8. The van der Waals surface area contributed by atoms with E-state index in [9.17, 15) is 24.1 Å². The van der Waals surface area contributed by atoms with Gasteiger partial charge in [0.15, 0.2) is 0 Å². The molecule has 0 aromatic heterocycles. The Labute approximate surface area is 154 Å². The number of halogens is 1. The van der Waals surface area contributed by atoms with Gasteiger partial charge in [-0.25, -0.2) is 9.18 Å². The molecule has 0 bridgehead atoms. The average molecular weight is 384 g/mol. The number of hydrogen-bond donors (Lipinski definition) is 1. The van der Waals surface area contributed by atoms with Crippen LogP contribution in [0.4, 0.5) is 10.1 Å². The summed E-state index contributed by atoms with van der Waals surface area (Å²) < 4.78 is 14.1. The van der Waals surface area contributed by atoms with E-state index in [0.717, 1.165) is 17.1 Å². The molecule has 1 fully saturated rings. The van der Waals surface area contributed by atoms with Gasteiger partial charge < -0.3 is 10.0 Å². The summed E-state index contributed by atoms with van der Waals surface area (Å²) in [6.07, 6.45) is 0.614. The van der Waals surface area contributed by atoms with Gasteiger partial charge in [0.1, 0.15) is 0 Å². The van der Waals surface area contributed by atoms with Crippen LogP contribution < -0.4 is 0 Å². The number of nitro benzene ring substituents is 1. The molecule has 1 heterocycles. The molecule has 1 aromatic carbocycles. The third-order valence-corrected chi connectivity index (χ3v) is 5.34. The summed E-state index contributed by atoms with van der Waals surface area (Å²) in [5.41, 5.74) is -2.58. The fourth-order valence-electron chi connectivity index (χ4n) is 2.62. The van der Waals surface area contributed by atoms with Gasteiger partial charge in [-0.15, -0.1) is 11.8 Å². The van der Waals surface area contributed by atoms with Crippen LogP contribution in [0.1, 0.15) is 37.0 Å². The van der Waals surface area contributed by atoms with Crippen LogP contribution in [0.2, 0.25) is 0 Å². The summed E-state index contributed by atoms with van der Waals surface area (Å²) >= 11 is 1.36. The number of aliphatic carboxylic acids is 1. The average Bonchev–Trinajstić information content (AvgIpc) is 2.98. The SMILES string of the molecule is CC(C)CCSc1ccc(C(=O)N2CCC(F)(C(=O)O)C2)cc1[N+](=O)[O-]. The van der Waals surface area contributed by atoms with Crippen molar-refractivity contribution >= 4 is 29.3 Å². The van der Waals surface area contributed by atoms with E-state index < -0.39 is 29.0 Å². The van der Waals surface area contributed by atoms with Gasteiger partial charge in [0, 0.05) is 24.6 Å². The Morgan fingerprint density at radius 3 is 2.69 bits per heavy atom.